The quantitative estimate of drug-likeness (QED) is 0.466. The molecule has 3 aromatic rings. The van der Waals surface area contributed by atoms with Crippen molar-refractivity contribution in [2.75, 3.05) is 13.6 Å². The Kier molecular flexibility index (Phi) is 3.45. The average molecular weight is 358 g/mol. The van der Waals surface area contributed by atoms with Crippen LogP contribution in [0.2, 0.25) is 0 Å². The number of benzene rings is 3. The van der Waals surface area contributed by atoms with E-state index in [0.29, 0.717) is 0 Å². The number of ether oxygens (including phenoxy) is 1. The van der Waals surface area contributed by atoms with Crippen LogP contribution in [0.5, 0.6) is 5.75 Å². The highest BCUT2D eigenvalue weighted by molar-refractivity contribution is 6.13. The summed E-state index contributed by atoms with van der Waals surface area (Å²) in [5, 5.41) is 4.92. The summed E-state index contributed by atoms with van der Waals surface area (Å²) in [4.78, 5) is 7.50. The summed E-state index contributed by atoms with van der Waals surface area (Å²) >= 11 is 0. The van der Waals surface area contributed by atoms with Crippen molar-refractivity contribution >= 4 is 32.9 Å². The van der Waals surface area contributed by atoms with Gasteiger partial charge in [0, 0.05) is 17.3 Å². The Hall–Kier alpha value is -2.39. The Balaban J connectivity index is 1.76. The SMILES string of the molecule is CC1=Nc2c(ccc3c2ccc2ccccc23)OC12N(C)CCCC2(C)C. The molecule has 1 spiro atoms. The van der Waals surface area contributed by atoms with Crippen LogP contribution < -0.4 is 4.74 Å². The topological polar surface area (TPSA) is 24.8 Å². The standard InChI is InChI=1S/C24H26N2O/c1-16-24(23(2,3)14-7-15-26(24)4)27-21-13-12-19-18-9-6-5-8-17(18)10-11-20(19)22(21)25-16/h5-6,8-13H,7,14-15H2,1-4H3. The second-order valence-corrected chi connectivity index (χ2v) is 8.65. The summed E-state index contributed by atoms with van der Waals surface area (Å²) < 4.78 is 6.82. The summed E-state index contributed by atoms with van der Waals surface area (Å²) in [6, 6.07) is 17.2. The monoisotopic (exact) mass is 358 g/mol. The normalized spacial score (nSPS) is 24.7. The van der Waals surface area contributed by atoms with Crippen LogP contribution in [0, 0.1) is 5.41 Å². The summed E-state index contributed by atoms with van der Waals surface area (Å²) in [6.07, 6.45) is 2.33. The van der Waals surface area contributed by atoms with Gasteiger partial charge in [-0.3, -0.25) is 4.90 Å². The van der Waals surface area contributed by atoms with Gasteiger partial charge in [0.2, 0.25) is 5.72 Å². The maximum atomic E-state index is 6.82. The molecular formula is C24H26N2O. The molecule has 0 radical (unpaired) electrons. The predicted octanol–water partition coefficient (Wildman–Crippen LogP) is 5.93. The maximum Gasteiger partial charge on any atom is 0.207 e. The third-order valence-electron chi connectivity index (χ3n) is 6.64. The molecule has 1 unspecified atom stereocenters. The van der Waals surface area contributed by atoms with Gasteiger partial charge in [0.05, 0.1) is 5.71 Å². The van der Waals surface area contributed by atoms with Crippen molar-refractivity contribution in [1.29, 1.82) is 0 Å². The Labute approximate surface area is 160 Å². The Morgan fingerprint density at radius 2 is 1.74 bits per heavy atom. The van der Waals surface area contributed by atoms with Crippen LogP contribution >= 0.6 is 0 Å². The van der Waals surface area contributed by atoms with E-state index in [9.17, 15) is 0 Å². The zero-order valence-corrected chi connectivity index (χ0v) is 16.5. The first-order chi connectivity index (χ1) is 12.9. The molecule has 0 aliphatic carbocycles. The maximum absolute atomic E-state index is 6.82. The van der Waals surface area contributed by atoms with Crippen LogP contribution in [-0.4, -0.2) is 29.9 Å². The molecule has 2 aliphatic heterocycles. The number of piperidine rings is 1. The van der Waals surface area contributed by atoms with Crippen molar-refractivity contribution in [1.82, 2.24) is 4.90 Å². The summed E-state index contributed by atoms with van der Waals surface area (Å²) in [5.74, 6) is 0.894. The van der Waals surface area contributed by atoms with Crippen molar-refractivity contribution in [2.24, 2.45) is 10.4 Å². The minimum atomic E-state index is -0.469. The lowest BCUT2D eigenvalue weighted by Crippen LogP contribution is -2.68. The number of hydrogen-bond donors (Lipinski definition) is 0. The van der Waals surface area contributed by atoms with E-state index in [2.05, 4.69) is 81.2 Å². The molecular weight excluding hydrogens is 332 g/mol. The fourth-order valence-electron chi connectivity index (χ4n) is 5.31. The molecule has 3 nitrogen and oxygen atoms in total. The number of hydrogen-bond acceptors (Lipinski definition) is 3. The lowest BCUT2D eigenvalue weighted by Gasteiger charge is -2.55. The van der Waals surface area contributed by atoms with Gasteiger partial charge in [-0.25, -0.2) is 4.99 Å². The molecule has 3 heteroatoms. The predicted molar refractivity (Wildman–Crippen MR) is 113 cm³/mol. The van der Waals surface area contributed by atoms with Crippen LogP contribution in [0.25, 0.3) is 21.5 Å². The van der Waals surface area contributed by atoms with E-state index in [1.807, 2.05) is 0 Å². The minimum Gasteiger partial charge on any atom is -0.464 e. The van der Waals surface area contributed by atoms with Crippen molar-refractivity contribution < 1.29 is 4.74 Å². The summed E-state index contributed by atoms with van der Waals surface area (Å²) in [5.41, 5.74) is 1.56. The molecule has 0 aromatic heterocycles. The Morgan fingerprint density at radius 3 is 2.56 bits per heavy atom. The molecule has 1 fully saturated rings. The van der Waals surface area contributed by atoms with Gasteiger partial charge in [-0.1, -0.05) is 50.2 Å². The molecule has 5 rings (SSSR count). The van der Waals surface area contributed by atoms with Gasteiger partial charge < -0.3 is 4.74 Å². The highest BCUT2D eigenvalue weighted by Crippen LogP contribution is 2.51. The van der Waals surface area contributed by atoms with E-state index in [0.717, 1.165) is 35.5 Å². The van der Waals surface area contributed by atoms with Gasteiger partial charge in [0.1, 0.15) is 11.4 Å². The highest BCUT2D eigenvalue weighted by atomic mass is 16.5. The number of likely N-dealkylation sites (tertiary alicyclic amines) is 1. The van der Waals surface area contributed by atoms with Crippen molar-refractivity contribution in [3.63, 3.8) is 0 Å². The second-order valence-electron chi connectivity index (χ2n) is 8.65. The van der Waals surface area contributed by atoms with Gasteiger partial charge >= 0.3 is 0 Å². The number of aliphatic imine (C=N–C) groups is 1. The fourth-order valence-corrected chi connectivity index (χ4v) is 5.31. The fraction of sp³-hybridized carbons (Fsp3) is 0.375. The first-order valence-corrected chi connectivity index (χ1v) is 9.84. The van der Waals surface area contributed by atoms with Crippen LogP contribution in [0.15, 0.2) is 53.5 Å². The van der Waals surface area contributed by atoms with Gasteiger partial charge in [-0.15, -0.1) is 0 Å². The van der Waals surface area contributed by atoms with Gasteiger partial charge in [0.15, 0.2) is 0 Å². The molecule has 0 bridgehead atoms. The van der Waals surface area contributed by atoms with Crippen molar-refractivity contribution in [3.8, 4) is 5.75 Å². The number of nitrogens with zero attached hydrogens (tertiary/aromatic N) is 2. The average Bonchev–Trinajstić information content (AvgIpc) is 2.65. The van der Waals surface area contributed by atoms with Crippen LogP contribution in [0.3, 0.4) is 0 Å². The van der Waals surface area contributed by atoms with E-state index < -0.39 is 5.72 Å². The lowest BCUT2D eigenvalue weighted by atomic mass is 9.71. The van der Waals surface area contributed by atoms with E-state index >= 15 is 0 Å². The summed E-state index contributed by atoms with van der Waals surface area (Å²) in [7, 11) is 2.17. The third-order valence-corrected chi connectivity index (χ3v) is 6.64. The first-order valence-electron chi connectivity index (χ1n) is 9.84. The Morgan fingerprint density at radius 1 is 0.963 bits per heavy atom. The molecule has 2 aliphatic rings. The van der Waals surface area contributed by atoms with Crippen LogP contribution in [0.1, 0.15) is 33.6 Å². The van der Waals surface area contributed by atoms with E-state index in [4.69, 9.17) is 9.73 Å². The van der Waals surface area contributed by atoms with Crippen LogP contribution in [-0.2, 0) is 0 Å². The lowest BCUT2D eigenvalue weighted by molar-refractivity contribution is -0.126. The van der Waals surface area contributed by atoms with Gasteiger partial charge in [-0.2, -0.15) is 0 Å². The molecule has 3 aromatic carbocycles. The van der Waals surface area contributed by atoms with Gasteiger partial charge in [-0.05, 0) is 55.1 Å². The number of rotatable bonds is 0. The van der Waals surface area contributed by atoms with Crippen LogP contribution in [0.4, 0.5) is 5.69 Å². The first kappa shape index (κ1) is 16.8. The van der Waals surface area contributed by atoms with Crippen molar-refractivity contribution in [3.05, 3.63) is 48.5 Å². The molecule has 0 saturated carbocycles. The van der Waals surface area contributed by atoms with E-state index in [1.54, 1.807) is 0 Å². The highest BCUT2D eigenvalue weighted by Gasteiger charge is 2.56. The van der Waals surface area contributed by atoms with E-state index in [-0.39, 0.29) is 5.41 Å². The minimum absolute atomic E-state index is 0.00359. The smallest absolute Gasteiger partial charge is 0.207 e. The zero-order chi connectivity index (χ0) is 18.8. The molecule has 0 amide bonds. The molecule has 2 heterocycles. The molecule has 1 saturated heterocycles. The summed E-state index contributed by atoms with van der Waals surface area (Å²) in [6.45, 7) is 7.78. The number of fused-ring (bicyclic) bond motifs is 5. The Bertz CT molecular complexity index is 1100. The third kappa shape index (κ3) is 2.15. The molecule has 27 heavy (non-hydrogen) atoms. The molecule has 0 N–H and O–H groups in total. The largest absolute Gasteiger partial charge is 0.464 e. The zero-order valence-electron chi connectivity index (χ0n) is 16.5. The van der Waals surface area contributed by atoms with E-state index in [1.165, 1.54) is 22.6 Å². The molecule has 138 valence electrons. The van der Waals surface area contributed by atoms with Crippen molar-refractivity contribution in [2.45, 2.75) is 39.3 Å². The molecule has 1 atom stereocenters. The second kappa shape index (κ2) is 5.56. The van der Waals surface area contributed by atoms with Gasteiger partial charge in [0.25, 0.3) is 0 Å².